The molecule has 0 saturated carbocycles. The fraction of sp³-hybridized carbons (Fsp3) is 0.600. The van der Waals surface area contributed by atoms with Gasteiger partial charge in [-0.1, -0.05) is 6.92 Å². The van der Waals surface area contributed by atoms with Crippen LogP contribution in [0.1, 0.15) is 13.3 Å². The number of carbonyl (C=O) groups excluding carboxylic acids is 2. The summed E-state index contributed by atoms with van der Waals surface area (Å²) in [6.45, 7) is 1.62. The van der Waals surface area contributed by atoms with Crippen LogP contribution in [0.25, 0.3) is 0 Å². The molecule has 0 aliphatic rings. The van der Waals surface area contributed by atoms with Gasteiger partial charge in [0.25, 0.3) is 0 Å². The maximum absolute atomic E-state index is 9.59. The Balaban J connectivity index is 0. The van der Waals surface area contributed by atoms with Crippen LogP contribution in [0.3, 0.4) is 0 Å². The summed E-state index contributed by atoms with van der Waals surface area (Å²) in [6.07, 6.45) is 3.43. The normalized spacial score (nSPS) is 11.1. The van der Waals surface area contributed by atoms with Gasteiger partial charge in [-0.05, 0) is 0 Å². The molecular weight excluding hydrogens is 181 g/mol. The van der Waals surface area contributed by atoms with E-state index in [1.165, 1.54) is 0 Å². The number of hydrogen-bond acceptors (Lipinski definition) is 2. The molecule has 0 N–H and O–H groups in total. The van der Waals surface area contributed by atoms with Crippen LogP contribution in [0.4, 0.5) is 0 Å². The van der Waals surface area contributed by atoms with E-state index in [0.29, 0.717) is 0 Å². The Labute approximate surface area is 73.9 Å². The summed E-state index contributed by atoms with van der Waals surface area (Å²) in [4.78, 5) is 19.1. The van der Waals surface area contributed by atoms with Crippen LogP contribution >= 0.6 is 0 Å². The molecule has 0 aliphatic heterocycles. The van der Waals surface area contributed by atoms with Gasteiger partial charge in [0.2, 0.25) is 0 Å². The molecule has 3 heteroatoms. The molecule has 0 bridgehead atoms. The van der Waals surface area contributed by atoms with Crippen molar-refractivity contribution in [3.8, 4) is 0 Å². The van der Waals surface area contributed by atoms with Gasteiger partial charge in [-0.25, -0.2) is 0 Å². The Morgan fingerprint density at radius 1 is 1.50 bits per heavy atom. The van der Waals surface area contributed by atoms with Crippen molar-refractivity contribution in [3.05, 3.63) is 0 Å². The minimum atomic E-state index is -0.280. The smallest absolute Gasteiger partial charge is 0 e. The zero-order chi connectivity index (χ0) is 5.70. The quantitative estimate of drug-likeness (QED) is 0.592. The summed E-state index contributed by atoms with van der Waals surface area (Å²) in [5.41, 5.74) is 0. The summed E-state index contributed by atoms with van der Waals surface area (Å²) in [7, 11) is 0. The van der Waals surface area contributed by atoms with E-state index in [1.54, 1.807) is 19.5 Å². The first-order valence-corrected chi connectivity index (χ1v) is 2.04. The molecule has 0 aromatic rings. The van der Waals surface area contributed by atoms with Crippen molar-refractivity contribution in [1.29, 1.82) is 0 Å². The van der Waals surface area contributed by atoms with E-state index < -0.39 is 0 Å². The van der Waals surface area contributed by atoms with E-state index in [1.807, 2.05) is 0 Å². The maximum atomic E-state index is 9.59. The van der Waals surface area contributed by atoms with Gasteiger partial charge in [0.1, 0.15) is 0 Å². The second-order valence-electron chi connectivity index (χ2n) is 1.37. The average molecular weight is 187 g/mol. The summed E-state index contributed by atoms with van der Waals surface area (Å²) < 4.78 is 0. The molecule has 0 heterocycles. The Bertz CT molecular complexity index is 72.8. The second-order valence-corrected chi connectivity index (χ2v) is 1.37. The van der Waals surface area contributed by atoms with E-state index >= 15 is 0 Å². The molecule has 0 aliphatic carbocycles. The van der Waals surface area contributed by atoms with Crippen LogP contribution < -0.4 is 0 Å². The van der Waals surface area contributed by atoms with E-state index in [0.717, 1.165) is 0 Å². The molecule has 2 nitrogen and oxygen atoms in total. The van der Waals surface area contributed by atoms with E-state index in [2.05, 4.69) is 0 Å². The Morgan fingerprint density at radius 2 is 2.00 bits per heavy atom. The van der Waals surface area contributed by atoms with E-state index in [4.69, 9.17) is 0 Å². The van der Waals surface area contributed by atoms with Crippen LogP contribution in [-0.4, -0.2) is 12.6 Å². The second kappa shape index (κ2) is 7.44. The topological polar surface area (TPSA) is 34.1 Å². The minimum absolute atomic E-state index is 0. The van der Waals surface area contributed by atoms with Crippen molar-refractivity contribution < 1.29 is 42.3 Å². The van der Waals surface area contributed by atoms with E-state index in [-0.39, 0.29) is 45.0 Å². The third-order valence-electron chi connectivity index (χ3n) is 0.591. The van der Waals surface area contributed by atoms with Gasteiger partial charge in [0.15, 0.2) is 0 Å². The Hall–Kier alpha value is 0.444. The van der Waals surface area contributed by atoms with Crippen LogP contribution in [0, 0.1) is 5.92 Å². The standard InChI is InChI=1S/C5H6O2.Y/c1-5(4-7)2-3-6;/h5H,2H2,1H3;/q-2;. The van der Waals surface area contributed by atoms with Crippen LogP contribution in [0.2, 0.25) is 0 Å². The van der Waals surface area contributed by atoms with Gasteiger partial charge < -0.3 is 9.59 Å². The Morgan fingerprint density at radius 3 is 2.12 bits per heavy atom. The molecule has 0 fully saturated rings. The molecule has 0 aromatic heterocycles. The van der Waals surface area contributed by atoms with Crippen LogP contribution in [-0.2, 0) is 42.3 Å². The third-order valence-corrected chi connectivity index (χ3v) is 0.591. The minimum Gasteiger partial charge on any atom is -0.542 e. The molecule has 0 aromatic carbocycles. The van der Waals surface area contributed by atoms with Crippen molar-refractivity contribution in [2.45, 2.75) is 13.3 Å². The summed E-state index contributed by atoms with van der Waals surface area (Å²) in [5.74, 6) is -0.280. The van der Waals surface area contributed by atoms with Crippen molar-refractivity contribution in [3.63, 3.8) is 0 Å². The van der Waals surface area contributed by atoms with Gasteiger partial charge in [-0.2, -0.15) is 12.3 Å². The molecule has 1 atom stereocenters. The predicted molar refractivity (Wildman–Crippen MR) is 25.2 cm³/mol. The molecule has 0 rings (SSSR count). The average Bonchev–Trinajstić information content (AvgIpc) is 1.68. The molecule has 0 spiro atoms. The van der Waals surface area contributed by atoms with Crippen LogP contribution in [0.5, 0.6) is 0 Å². The SMILES string of the molecule is CC([C-]=O)C[C-]=O.[Y]. The van der Waals surface area contributed by atoms with Gasteiger partial charge in [0.05, 0.1) is 0 Å². The molecule has 0 amide bonds. The first-order chi connectivity index (χ1) is 3.31. The third kappa shape index (κ3) is 6.44. The number of hydrogen-bond donors (Lipinski definition) is 0. The number of rotatable bonds is 3. The molecule has 1 radical (unpaired) electrons. The maximum Gasteiger partial charge on any atom is 0 e. The predicted octanol–water partition coefficient (Wildman–Crippen LogP) is 0.230. The van der Waals surface area contributed by atoms with Crippen molar-refractivity contribution in [1.82, 2.24) is 0 Å². The first kappa shape index (κ1) is 11.3. The largest absolute Gasteiger partial charge is 0.542 e. The van der Waals surface area contributed by atoms with Crippen LogP contribution in [0.15, 0.2) is 0 Å². The van der Waals surface area contributed by atoms with Crippen molar-refractivity contribution >= 4 is 12.6 Å². The van der Waals surface area contributed by atoms with E-state index in [9.17, 15) is 9.59 Å². The first-order valence-electron chi connectivity index (χ1n) is 2.04. The van der Waals surface area contributed by atoms with Crippen molar-refractivity contribution in [2.24, 2.45) is 5.92 Å². The van der Waals surface area contributed by atoms with Gasteiger partial charge >= 0.3 is 0 Å². The zero-order valence-corrected chi connectivity index (χ0v) is 7.52. The summed E-state index contributed by atoms with van der Waals surface area (Å²) in [5, 5.41) is 0. The fourth-order valence-electron chi connectivity index (χ4n) is 0.167. The van der Waals surface area contributed by atoms with Gasteiger partial charge in [-0.15, -0.1) is 0 Å². The van der Waals surface area contributed by atoms with Gasteiger partial charge in [-0.3, -0.25) is 12.6 Å². The molecular formula is C5H6O2Y-2. The zero-order valence-electron chi connectivity index (χ0n) is 4.68. The summed E-state index contributed by atoms with van der Waals surface area (Å²) >= 11 is 0. The molecule has 43 valence electrons. The Kier molecular flexibility index (Phi) is 10.5. The molecule has 0 saturated heterocycles. The summed E-state index contributed by atoms with van der Waals surface area (Å²) in [6, 6.07) is 0. The fourth-order valence-corrected chi connectivity index (χ4v) is 0.167. The van der Waals surface area contributed by atoms with Crippen molar-refractivity contribution in [2.75, 3.05) is 0 Å². The molecule has 8 heavy (non-hydrogen) atoms. The monoisotopic (exact) mass is 187 g/mol. The van der Waals surface area contributed by atoms with Gasteiger partial charge in [0, 0.05) is 32.7 Å². The molecule has 1 unspecified atom stereocenters.